The van der Waals surface area contributed by atoms with E-state index in [0.717, 1.165) is 82.8 Å². The number of aromatic nitrogens is 6. The molecule has 10 aromatic rings. The minimum absolute atomic E-state index is 0.584. The van der Waals surface area contributed by atoms with E-state index in [9.17, 15) is 0 Å². The van der Waals surface area contributed by atoms with Gasteiger partial charge in [0.2, 0.25) is 5.95 Å². The number of benzene rings is 5. The van der Waals surface area contributed by atoms with Gasteiger partial charge in [-0.3, -0.25) is 14.5 Å². The second-order valence-corrected chi connectivity index (χ2v) is 11.9. The van der Waals surface area contributed by atoms with Crippen molar-refractivity contribution in [2.45, 2.75) is 0 Å². The van der Waals surface area contributed by atoms with Crippen LogP contribution in [0.5, 0.6) is 0 Å². The summed E-state index contributed by atoms with van der Waals surface area (Å²) in [6, 6.07) is 50.0. The lowest BCUT2D eigenvalue weighted by Crippen LogP contribution is -2.04. The van der Waals surface area contributed by atoms with Crippen molar-refractivity contribution in [3.05, 3.63) is 158 Å². The van der Waals surface area contributed by atoms with Crippen LogP contribution in [0.1, 0.15) is 0 Å². The van der Waals surface area contributed by atoms with E-state index >= 15 is 0 Å². The van der Waals surface area contributed by atoms with Gasteiger partial charge in [0.1, 0.15) is 0 Å². The lowest BCUT2D eigenvalue weighted by Gasteiger charge is -2.12. The van der Waals surface area contributed by atoms with Crippen molar-refractivity contribution in [3.63, 3.8) is 0 Å². The molecular formula is C42H26N6. The quantitative estimate of drug-likeness (QED) is 0.198. The average molecular weight is 615 g/mol. The van der Waals surface area contributed by atoms with Crippen LogP contribution in [0, 0.1) is 0 Å². The number of fused-ring (bicyclic) bond motifs is 9. The molecule has 0 bridgehead atoms. The van der Waals surface area contributed by atoms with Gasteiger partial charge in [0, 0.05) is 38.4 Å². The summed E-state index contributed by atoms with van der Waals surface area (Å²) in [5, 5.41) is 4.32. The van der Waals surface area contributed by atoms with Crippen LogP contribution in [0.25, 0.3) is 88.8 Å². The third-order valence-corrected chi connectivity index (χ3v) is 9.21. The molecule has 0 spiro atoms. The summed E-state index contributed by atoms with van der Waals surface area (Å²) in [6.45, 7) is 0. The highest BCUT2D eigenvalue weighted by Gasteiger charge is 2.27. The number of nitrogens with zero attached hydrogens (tertiary/aromatic N) is 6. The fraction of sp³-hybridized carbons (Fsp3) is 0. The zero-order valence-electron chi connectivity index (χ0n) is 25.7. The minimum atomic E-state index is 0.584. The highest BCUT2D eigenvalue weighted by Crippen LogP contribution is 2.44. The topological polar surface area (TPSA) is 61.4 Å². The molecule has 0 saturated heterocycles. The molecule has 6 heteroatoms. The number of hydrogen-bond donors (Lipinski definition) is 0. The number of rotatable bonds is 4. The van der Waals surface area contributed by atoms with Crippen molar-refractivity contribution < 1.29 is 0 Å². The van der Waals surface area contributed by atoms with Gasteiger partial charge in [0.05, 0.1) is 56.9 Å². The highest BCUT2D eigenvalue weighted by atomic mass is 15.2. The molecule has 5 aromatic carbocycles. The van der Waals surface area contributed by atoms with E-state index in [1.54, 1.807) is 0 Å². The summed E-state index contributed by atoms with van der Waals surface area (Å²) in [7, 11) is 0. The molecule has 0 amide bonds. The van der Waals surface area contributed by atoms with Crippen LogP contribution < -0.4 is 0 Å². The second-order valence-electron chi connectivity index (χ2n) is 11.9. The maximum Gasteiger partial charge on any atom is 0.235 e. The van der Waals surface area contributed by atoms with Gasteiger partial charge in [-0.1, -0.05) is 115 Å². The Balaban J connectivity index is 1.46. The molecule has 6 nitrogen and oxygen atoms in total. The van der Waals surface area contributed by atoms with Crippen LogP contribution in [0.15, 0.2) is 158 Å². The molecule has 0 aliphatic carbocycles. The second kappa shape index (κ2) is 10.4. The Morgan fingerprint density at radius 3 is 1.40 bits per heavy atom. The van der Waals surface area contributed by atoms with E-state index in [0.29, 0.717) is 5.95 Å². The van der Waals surface area contributed by atoms with Crippen molar-refractivity contribution in [2.75, 3.05) is 0 Å². The molecule has 224 valence electrons. The van der Waals surface area contributed by atoms with Gasteiger partial charge < -0.3 is 4.57 Å². The SMILES string of the molecule is c1ccc(-c2cc(-c3ccccc3)nc(-n3c4cnc5ccccc5c4c4c3c3c5ccccc5ncc3n4-c3ccccc3)n2)cc1. The highest BCUT2D eigenvalue weighted by molar-refractivity contribution is 6.29. The van der Waals surface area contributed by atoms with Gasteiger partial charge in [-0.15, -0.1) is 0 Å². The third kappa shape index (κ3) is 3.93. The first-order chi connectivity index (χ1) is 23.8. The normalized spacial score (nSPS) is 11.8. The smallest absolute Gasteiger partial charge is 0.235 e. The zero-order valence-corrected chi connectivity index (χ0v) is 25.7. The maximum absolute atomic E-state index is 5.32. The van der Waals surface area contributed by atoms with Gasteiger partial charge in [-0.2, -0.15) is 0 Å². The van der Waals surface area contributed by atoms with Crippen molar-refractivity contribution in [1.29, 1.82) is 0 Å². The summed E-state index contributed by atoms with van der Waals surface area (Å²) >= 11 is 0. The Labute approximate surface area is 275 Å². The molecule has 0 N–H and O–H groups in total. The molecule has 5 aromatic heterocycles. The summed E-state index contributed by atoms with van der Waals surface area (Å²) in [6.07, 6.45) is 3.98. The molecule has 10 rings (SSSR count). The van der Waals surface area contributed by atoms with E-state index in [1.807, 2.05) is 60.9 Å². The number of hydrogen-bond acceptors (Lipinski definition) is 4. The molecule has 0 unspecified atom stereocenters. The van der Waals surface area contributed by atoms with Crippen LogP contribution in [0.2, 0.25) is 0 Å². The van der Waals surface area contributed by atoms with E-state index in [2.05, 4.69) is 106 Å². The molecule has 0 fully saturated rings. The maximum atomic E-state index is 5.32. The first-order valence-electron chi connectivity index (χ1n) is 16.0. The van der Waals surface area contributed by atoms with Gasteiger partial charge in [-0.05, 0) is 30.3 Å². The standard InChI is InChI=1S/C42H26N6/c1-4-14-27(15-5-1)34-24-35(28-16-6-2-7-17-28)46-42(45-34)48-37-26-44-33-23-13-11-21-31(33)39(37)40-41(48)38-30-20-10-12-22-32(30)43-25-36(38)47(40)29-18-8-3-9-19-29/h1-26H. The predicted molar refractivity (Wildman–Crippen MR) is 195 cm³/mol. The molecule has 0 radical (unpaired) electrons. The van der Waals surface area contributed by atoms with E-state index in [-0.39, 0.29) is 0 Å². The molecule has 0 atom stereocenters. The van der Waals surface area contributed by atoms with E-state index < -0.39 is 0 Å². The van der Waals surface area contributed by atoms with Crippen molar-refractivity contribution in [2.24, 2.45) is 0 Å². The Hall–Kier alpha value is -6.66. The molecule has 5 heterocycles. The summed E-state index contributed by atoms with van der Waals surface area (Å²) in [5.74, 6) is 0.584. The summed E-state index contributed by atoms with van der Waals surface area (Å²) < 4.78 is 4.56. The molecule has 48 heavy (non-hydrogen) atoms. The van der Waals surface area contributed by atoms with E-state index in [1.165, 1.54) is 0 Å². The average Bonchev–Trinajstić information content (AvgIpc) is 3.68. The molecule has 0 saturated carbocycles. The van der Waals surface area contributed by atoms with Gasteiger partial charge in [0.15, 0.2) is 0 Å². The Morgan fingerprint density at radius 2 is 0.854 bits per heavy atom. The Morgan fingerprint density at radius 1 is 0.417 bits per heavy atom. The van der Waals surface area contributed by atoms with Crippen LogP contribution in [0.4, 0.5) is 0 Å². The summed E-state index contributed by atoms with van der Waals surface area (Å²) in [4.78, 5) is 20.6. The largest absolute Gasteiger partial charge is 0.305 e. The van der Waals surface area contributed by atoms with Gasteiger partial charge in [0.25, 0.3) is 0 Å². The van der Waals surface area contributed by atoms with Crippen LogP contribution >= 0.6 is 0 Å². The van der Waals surface area contributed by atoms with Crippen LogP contribution in [-0.2, 0) is 0 Å². The molecule has 0 aliphatic heterocycles. The third-order valence-electron chi connectivity index (χ3n) is 9.21. The van der Waals surface area contributed by atoms with Crippen molar-refractivity contribution in [3.8, 4) is 34.2 Å². The lowest BCUT2D eigenvalue weighted by molar-refractivity contribution is 0.996. The molecule has 0 aliphatic rings. The fourth-order valence-electron chi connectivity index (χ4n) is 7.11. The van der Waals surface area contributed by atoms with Crippen molar-refractivity contribution >= 4 is 54.6 Å². The lowest BCUT2D eigenvalue weighted by atomic mass is 10.1. The zero-order chi connectivity index (χ0) is 31.6. The first-order valence-corrected chi connectivity index (χ1v) is 16.0. The minimum Gasteiger partial charge on any atom is -0.305 e. The summed E-state index contributed by atoms with van der Waals surface area (Å²) in [5.41, 5.74) is 10.7. The van der Waals surface area contributed by atoms with Crippen LogP contribution in [-0.4, -0.2) is 29.1 Å². The fourth-order valence-corrected chi connectivity index (χ4v) is 7.11. The Kier molecular flexibility index (Phi) is 5.77. The van der Waals surface area contributed by atoms with E-state index in [4.69, 9.17) is 19.9 Å². The first kappa shape index (κ1) is 26.5. The van der Waals surface area contributed by atoms with Crippen molar-refractivity contribution in [1.82, 2.24) is 29.1 Å². The number of pyridine rings is 2. The predicted octanol–water partition coefficient (Wildman–Crippen LogP) is 9.95. The molecular weight excluding hydrogens is 589 g/mol. The monoisotopic (exact) mass is 614 g/mol. The Bertz CT molecular complexity index is 2720. The number of para-hydroxylation sites is 3. The van der Waals surface area contributed by atoms with Gasteiger partial charge in [-0.25, -0.2) is 9.97 Å². The van der Waals surface area contributed by atoms with Gasteiger partial charge >= 0.3 is 0 Å². The van der Waals surface area contributed by atoms with Crippen LogP contribution in [0.3, 0.4) is 0 Å².